The van der Waals surface area contributed by atoms with Gasteiger partial charge >= 0.3 is 11.9 Å². The molecule has 3 fully saturated rings. The van der Waals surface area contributed by atoms with Crippen molar-refractivity contribution in [2.75, 3.05) is 6.61 Å². The Kier molecular flexibility index (Phi) is 6.76. The van der Waals surface area contributed by atoms with Crippen molar-refractivity contribution in [2.45, 2.75) is 103 Å². The lowest BCUT2D eigenvalue weighted by molar-refractivity contribution is -0.213. The molecule has 0 aliphatic heterocycles. The van der Waals surface area contributed by atoms with Gasteiger partial charge in [0.15, 0.2) is 18.0 Å². The van der Waals surface area contributed by atoms with E-state index in [1.54, 1.807) is 20.8 Å². The highest BCUT2D eigenvalue weighted by molar-refractivity contribution is 5.94. The van der Waals surface area contributed by atoms with Crippen molar-refractivity contribution in [3.8, 4) is 0 Å². The Morgan fingerprint density at radius 2 is 1.78 bits per heavy atom. The van der Waals surface area contributed by atoms with Crippen molar-refractivity contribution in [1.29, 1.82) is 0 Å². The van der Waals surface area contributed by atoms with E-state index in [4.69, 9.17) is 9.47 Å². The lowest BCUT2D eigenvalue weighted by Crippen LogP contribution is -2.67. The van der Waals surface area contributed by atoms with Crippen LogP contribution in [0.15, 0.2) is 11.6 Å². The number of Topliss-reactive ketones (excluding diaryl/α,β-unsaturated/α-hetero) is 1. The number of halogens is 1. The second kappa shape index (κ2) is 9.03. The van der Waals surface area contributed by atoms with Crippen molar-refractivity contribution < 1.29 is 38.1 Å². The molecule has 4 rings (SSSR count). The summed E-state index contributed by atoms with van der Waals surface area (Å²) in [5.41, 5.74) is -4.66. The molecule has 1 unspecified atom stereocenters. The van der Waals surface area contributed by atoms with Gasteiger partial charge in [-0.05, 0) is 50.0 Å². The minimum atomic E-state index is -1.76. The quantitative estimate of drug-likeness (QED) is 0.542. The Labute approximate surface area is 212 Å². The fourth-order valence-electron chi connectivity index (χ4n) is 8.32. The second-order valence-corrected chi connectivity index (χ2v) is 11.7. The Bertz CT molecular complexity index is 1010. The molecule has 3 saturated carbocycles. The van der Waals surface area contributed by atoms with Crippen molar-refractivity contribution in [3.63, 3.8) is 0 Å². The van der Waals surface area contributed by atoms with Crippen molar-refractivity contribution in [3.05, 3.63) is 11.6 Å². The molecular weight excluding hydrogens is 467 g/mol. The summed E-state index contributed by atoms with van der Waals surface area (Å²) >= 11 is 0. The summed E-state index contributed by atoms with van der Waals surface area (Å²) in [5.74, 6) is -2.83. The second-order valence-electron chi connectivity index (χ2n) is 11.7. The van der Waals surface area contributed by atoms with Gasteiger partial charge in [0.2, 0.25) is 5.78 Å². The lowest BCUT2D eigenvalue weighted by Gasteiger charge is -2.63. The van der Waals surface area contributed by atoms with Gasteiger partial charge < -0.3 is 14.6 Å². The summed E-state index contributed by atoms with van der Waals surface area (Å²) < 4.78 is 28.6. The van der Waals surface area contributed by atoms with Crippen LogP contribution in [0.4, 0.5) is 4.39 Å². The summed E-state index contributed by atoms with van der Waals surface area (Å²) in [4.78, 5) is 50.4. The summed E-state index contributed by atoms with van der Waals surface area (Å²) in [7, 11) is 0. The zero-order valence-electron chi connectivity index (χ0n) is 22.0. The number of hydrogen-bond donors (Lipinski definition) is 1. The van der Waals surface area contributed by atoms with Crippen molar-refractivity contribution in [2.24, 2.45) is 28.6 Å². The molecule has 4 aliphatic carbocycles. The molecule has 0 aromatic carbocycles. The van der Waals surface area contributed by atoms with Gasteiger partial charge in [-0.2, -0.15) is 0 Å². The van der Waals surface area contributed by atoms with Gasteiger partial charge in [-0.3, -0.25) is 19.2 Å². The molecule has 7 nitrogen and oxygen atoms in total. The average Bonchev–Trinajstić information content (AvgIpc) is 3.06. The summed E-state index contributed by atoms with van der Waals surface area (Å²) in [6, 6.07) is 0. The van der Waals surface area contributed by atoms with Gasteiger partial charge in [0.05, 0.1) is 6.10 Å². The van der Waals surface area contributed by atoms with Gasteiger partial charge in [-0.15, -0.1) is 0 Å². The monoisotopic (exact) mass is 506 g/mol. The molecule has 1 N–H and O–H groups in total. The first kappa shape index (κ1) is 27.0. The molecular formula is C28H39FO7. The number of aliphatic hydroxyl groups is 1. The highest BCUT2D eigenvalue weighted by Gasteiger charge is 2.75. The van der Waals surface area contributed by atoms with Crippen LogP contribution in [-0.4, -0.2) is 52.6 Å². The Morgan fingerprint density at radius 3 is 2.42 bits per heavy atom. The number of ketones is 2. The van der Waals surface area contributed by atoms with E-state index in [2.05, 4.69) is 0 Å². The molecule has 0 aromatic heterocycles. The summed E-state index contributed by atoms with van der Waals surface area (Å²) in [6.45, 7) is 8.31. The van der Waals surface area contributed by atoms with Crippen LogP contribution in [0.2, 0.25) is 0 Å². The summed E-state index contributed by atoms with van der Waals surface area (Å²) in [6.07, 6.45) is 2.32. The van der Waals surface area contributed by atoms with Crippen LogP contribution in [-0.2, 0) is 28.7 Å². The van der Waals surface area contributed by atoms with E-state index < -0.39 is 64.4 Å². The van der Waals surface area contributed by atoms with Crippen LogP contribution in [0.5, 0.6) is 0 Å². The van der Waals surface area contributed by atoms with Gasteiger partial charge in [-0.1, -0.05) is 40.2 Å². The number of aliphatic hydroxyl groups excluding tert-OH is 1. The van der Waals surface area contributed by atoms with E-state index in [0.29, 0.717) is 24.8 Å². The lowest BCUT2D eigenvalue weighted by atomic mass is 9.44. The van der Waals surface area contributed by atoms with Gasteiger partial charge in [0.1, 0.15) is 5.67 Å². The molecule has 0 saturated heterocycles. The number of carbonyl (C=O) groups excluding carboxylic acids is 4. The number of esters is 2. The molecule has 200 valence electrons. The molecule has 36 heavy (non-hydrogen) atoms. The van der Waals surface area contributed by atoms with Crippen LogP contribution in [0.3, 0.4) is 0 Å². The fourth-order valence-corrected chi connectivity index (χ4v) is 8.32. The van der Waals surface area contributed by atoms with Crippen molar-refractivity contribution >= 4 is 23.5 Å². The van der Waals surface area contributed by atoms with Crippen LogP contribution in [0, 0.1) is 28.6 Å². The van der Waals surface area contributed by atoms with Crippen LogP contribution in [0.1, 0.15) is 86.0 Å². The maximum absolute atomic E-state index is 17.4. The van der Waals surface area contributed by atoms with E-state index >= 15 is 4.39 Å². The first-order valence-corrected chi connectivity index (χ1v) is 13.3. The van der Waals surface area contributed by atoms with E-state index in [-0.39, 0.29) is 43.8 Å². The topological polar surface area (TPSA) is 107 Å². The fraction of sp³-hybridized carbons (Fsp3) is 0.786. The number of carbonyl (C=O) groups is 4. The highest BCUT2D eigenvalue weighted by atomic mass is 19.1. The number of ether oxygens (including phenoxy) is 2. The van der Waals surface area contributed by atoms with Crippen LogP contribution < -0.4 is 0 Å². The average molecular weight is 507 g/mol. The minimum Gasteiger partial charge on any atom is -0.457 e. The Balaban J connectivity index is 1.77. The molecule has 0 spiro atoms. The first-order chi connectivity index (χ1) is 16.8. The Morgan fingerprint density at radius 1 is 1.11 bits per heavy atom. The molecule has 0 bridgehead atoms. The number of rotatable bonds is 6. The van der Waals surface area contributed by atoms with Crippen molar-refractivity contribution in [1.82, 2.24) is 0 Å². The minimum absolute atomic E-state index is 0.0733. The largest absolute Gasteiger partial charge is 0.457 e. The summed E-state index contributed by atoms with van der Waals surface area (Å²) in [5, 5.41) is 11.0. The van der Waals surface area contributed by atoms with Gasteiger partial charge in [0.25, 0.3) is 0 Å². The molecule has 0 aromatic rings. The van der Waals surface area contributed by atoms with Gasteiger partial charge in [-0.25, -0.2) is 4.39 Å². The third-order valence-corrected chi connectivity index (χ3v) is 10.3. The number of alkyl halides is 1. The first-order valence-electron chi connectivity index (χ1n) is 13.3. The SMILES string of the molecule is CCC(=O)OCC(=O)[C@@]1(OC(=O)CC)[C@@H](C)C[C@H]2[C@@H]3CCC4=CC(=O)CC(O)[C@@]4(C)[C@@]3(F)CC[C@@]21C. The Hall–Kier alpha value is -2.09. The third kappa shape index (κ3) is 3.46. The predicted molar refractivity (Wildman–Crippen MR) is 128 cm³/mol. The van der Waals surface area contributed by atoms with E-state index in [0.717, 1.165) is 0 Å². The number of fused-ring (bicyclic) bond motifs is 5. The molecule has 0 radical (unpaired) electrons. The molecule has 8 heteroatoms. The number of hydrogen-bond acceptors (Lipinski definition) is 7. The zero-order chi connectivity index (χ0) is 26.7. The highest BCUT2D eigenvalue weighted by Crippen LogP contribution is 2.72. The normalized spacial score (nSPS) is 43.5. The molecule has 4 aliphatic rings. The van der Waals surface area contributed by atoms with Gasteiger partial charge in [0, 0.05) is 36.0 Å². The zero-order valence-corrected chi connectivity index (χ0v) is 22.0. The van der Waals surface area contributed by atoms with Crippen LogP contribution >= 0.6 is 0 Å². The van der Waals surface area contributed by atoms with Crippen LogP contribution in [0.25, 0.3) is 0 Å². The van der Waals surface area contributed by atoms with E-state index in [9.17, 15) is 24.3 Å². The maximum Gasteiger partial charge on any atom is 0.306 e. The molecule has 8 atom stereocenters. The standard InChI is InChI=1S/C28H39FO7/c1-6-23(33)35-15-22(32)28(36-24(34)7-2)16(3)12-20-19-9-8-17-13-18(30)14-21(31)26(17,5)27(19,29)11-10-25(20,28)4/h13,16,19-21,31H,6-12,14-15H2,1-5H3/t16-,19-,20-,21?,25-,26-,27+,28-/m0/s1. The van der Waals surface area contributed by atoms with E-state index in [1.807, 2.05) is 13.8 Å². The smallest absolute Gasteiger partial charge is 0.306 e. The predicted octanol–water partition coefficient (Wildman–Crippen LogP) is 4.04. The molecule has 0 amide bonds. The van der Waals surface area contributed by atoms with E-state index in [1.165, 1.54) is 6.08 Å². The third-order valence-electron chi connectivity index (χ3n) is 10.3. The maximum atomic E-state index is 17.4. The molecule has 0 heterocycles.